The molecule has 0 saturated carbocycles. The van der Waals surface area contributed by atoms with Crippen molar-refractivity contribution in [1.82, 2.24) is 14.9 Å². The summed E-state index contributed by atoms with van der Waals surface area (Å²) in [6, 6.07) is 4.69. The summed E-state index contributed by atoms with van der Waals surface area (Å²) in [7, 11) is 0. The molecule has 1 aliphatic heterocycles. The predicted molar refractivity (Wildman–Crippen MR) is 81.7 cm³/mol. The first-order valence-electron chi connectivity index (χ1n) is 7.47. The van der Waals surface area contributed by atoms with Crippen molar-refractivity contribution in [2.24, 2.45) is 0 Å². The lowest BCUT2D eigenvalue weighted by atomic mass is 10.1. The second kappa shape index (κ2) is 6.38. The normalized spacial score (nSPS) is 17.2. The monoisotopic (exact) mass is 335 g/mol. The summed E-state index contributed by atoms with van der Waals surface area (Å²) >= 11 is 0. The smallest absolute Gasteiger partial charge is 0.325 e. The second-order valence-corrected chi connectivity index (χ2v) is 5.79. The van der Waals surface area contributed by atoms with E-state index < -0.39 is 22.9 Å². The summed E-state index contributed by atoms with van der Waals surface area (Å²) in [5, 5.41) is 0. The summed E-state index contributed by atoms with van der Waals surface area (Å²) in [5.74, 6) is -2.28. The van der Waals surface area contributed by atoms with E-state index in [9.17, 15) is 23.2 Å². The third-order valence-electron chi connectivity index (χ3n) is 4.10. The molecule has 0 bridgehead atoms. The number of hydrogen-bond donors (Lipinski definition) is 2. The molecular weight excluding hydrogens is 320 g/mol. The van der Waals surface area contributed by atoms with Gasteiger partial charge in [0, 0.05) is 30.8 Å². The Bertz CT molecular complexity index is 862. The molecule has 126 valence electrons. The molecule has 2 N–H and O–H groups in total. The minimum atomic E-state index is -0.985. The van der Waals surface area contributed by atoms with E-state index in [0.717, 1.165) is 12.1 Å². The van der Waals surface area contributed by atoms with Crippen molar-refractivity contribution >= 4 is 5.91 Å². The molecule has 0 spiro atoms. The first kappa shape index (κ1) is 16.1. The lowest BCUT2D eigenvalue weighted by Crippen LogP contribution is -2.30. The predicted octanol–water partition coefficient (Wildman–Crippen LogP) is 0.900. The van der Waals surface area contributed by atoms with Crippen molar-refractivity contribution in [2.75, 3.05) is 13.1 Å². The standard InChI is InChI=1S/C16H15F2N3O3/c17-11-2-1-9(5-12(11)18)6-15(23)21-4-3-10(8-21)13-7-14(22)20-16(24)19-13/h1-2,5,7,10H,3-4,6,8H2,(H2,19,20,22,24). The molecule has 1 atom stereocenters. The summed E-state index contributed by atoms with van der Waals surface area (Å²) in [4.78, 5) is 41.2. The Kier molecular flexibility index (Phi) is 4.28. The first-order chi connectivity index (χ1) is 11.4. The zero-order chi connectivity index (χ0) is 17.3. The van der Waals surface area contributed by atoms with Gasteiger partial charge in [-0.1, -0.05) is 6.07 Å². The van der Waals surface area contributed by atoms with Crippen molar-refractivity contribution in [3.63, 3.8) is 0 Å². The van der Waals surface area contributed by atoms with Gasteiger partial charge < -0.3 is 9.88 Å². The average molecular weight is 335 g/mol. The van der Waals surface area contributed by atoms with Gasteiger partial charge in [-0.25, -0.2) is 13.6 Å². The number of aromatic nitrogens is 2. The zero-order valence-corrected chi connectivity index (χ0v) is 12.6. The molecule has 3 rings (SSSR count). The molecule has 6 nitrogen and oxygen atoms in total. The van der Waals surface area contributed by atoms with E-state index in [1.165, 1.54) is 12.1 Å². The van der Waals surface area contributed by atoms with E-state index in [1.807, 2.05) is 0 Å². The number of nitrogens with zero attached hydrogens (tertiary/aromatic N) is 1. The van der Waals surface area contributed by atoms with Crippen LogP contribution in [0.15, 0.2) is 33.9 Å². The summed E-state index contributed by atoms with van der Waals surface area (Å²) < 4.78 is 26.1. The number of carbonyl (C=O) groups excluding carboxylic acids is 1. The number of rotatable bonds is 3. The zero-order valence-electron chi connectivity index (χ0n) is 12.6. The van der Waals surface area contributed by atoms with Crippen molar-refractivity contribution in [3.05, 3.63) is 68.0 Å². The quantitative estimate of drug-likeness (QED) is 0.874. The summed E-state index contributed by atoms with van der Waals surface area (Å²) in [6.45, 7) is 0.837. The molecule has 1 aromatic heterocycles. The maximum atomic E-state index is 13.2. The SMILES string of the molecule is O=C(Cc1ccc(F)c(F)c1)N1CCC(c2cc(=O)[nH]c(=O)[nH]2)C1. The molecule has 1 fully saturated rings. The van der Waals surface area contributed by atoms with E-state index in [2.05, 4.69) is 9.97 Å². The minimum absolute atomic E-state index is 0.0319. The van der Waals surface area contributed by atoms with Crippen LogP contribution < -0.4 is 11.2 Å². The summed E-state index contributed by atoms with van der Waals surface area (Å²) in [5.41, 5.74) is -0.178. The van der Waals surface area contributed by atoms with Crippen LogP contribution in [0.4, 0.5) is 8.78 Å². The number of halogens is 2. The van der Waals surface area contributed by atoms with Crippen LogP contribution in [0.3, 0.4) is 0 Å². The van der Waals surface area contributed by atoms with Gasteiger partial charge in [-0.05, 0) is 24.1 Å². The fourth-order valence-corrected chi connectivity index (χ4v) is 2.88. The molecule has 24 heavy (non-hydrogen) atoms. The first-order valence-corrected chi connectivity index (χ1v) is 7.47. The Hall–Kier alpha value is -2.77. The highest BCUT2D eigenvalue weighted by Gasteiger charge is 2.28. The molecule has 2 aromatic rings. The van der Waals surface area contributed by atoms with E-state index in [4.69, 9.17) is 0 Å². The Morgan fingerprint density at radius 1 is 1.17 bits per heavy atom. The van der Waals surface area contributed by atoms with E-state index in [-0.39, 0.29) is 18.2 Å². The molecule has 1 aliphatic rings. The number of hydrogen-bond acceptors (Lipinski definition) is 3. The molecule has 8 heteroatoms. The minimum Gasteiger partial charge on any atom is -0.342 e. The average Bonchev–Trinajstić information content (AvgIpc) is 3.00. The number of H-pyrrole nitrogens is 2. The molecule has 2 heterocycles. The van der Waals surface area contributed by atoms with Gasteiger partial charge >= 0.3 is 5.69 Å². The lowest BCUT2D eigenvalue weighted by molar-refractivity contribution is -0.129. The van der Waals surface area contributed by atoms with Gasteiger partial charge in [0.25, 0.3) is 5.56 Å². The number of carbonyl (C=O) groups is 1. The second-order valence-electron chi connectivity index (χ2n) is 5.79. The van der Waals surface area contributed by atoms with Gasteiger partial charge in [0.15, 0.2) is 11.6 Å². The van der Waals surface area contributed by atoms with Crippen LogP contribution in [0.25, 0.3) is 0 Å². The van der Waals surface area contributed by atoms with Crippen LogP contribution in [0, 0.1) is 11.6 Å². The van der Waals surface area contributed by atoms with Gasteiger partial charge in [-0.15, -0.1) is 0 Å². The maximum Gasteiger partial charge on any atom is 0.325 e. The Labute approximate surface area is 135 Å². The topological polar surface area (TPSA) is 86.0 Å². The molecule has 1 unspecified atom stereocenters. The molecule has 1 aromatic carbocycles. The van der Waals surface area contributed by atoms with Crippen molar-refractivity contribution in [3.8, 4) is 0 Å². The van der Waals surface area contributed by atoms with Gasteiger partial charge in [-0.3, -0.25) is 14.6 Å². The van der Waals surface area contributed by atoms with Gasteiger partial charge in [0.05, 0.1) is 6.42 Å². The number of likely N-dealkylation sites (tertiary alicyclic amines) is 1. The lowest BCUT2D eigenvalue weighted by Gasteiger charge is -2.16. The third kappa shape index (κ3) is 3.42. The number of aromatic amines is 2. The van der Waals surface area contributed by atoms with Crippen molar-refractivity contribution < 1.29 is 13.6 Å². The van der Waals surface area contributed by atoms with Gasteiger partial charge in [-0.2, -0.15) is 0 Å². The number of nitrogens with one attached hydrogen (secondary N) is 2. The Morgan fingerprint density at radius 3 is 2.67 bits per heavy atom. The van der Waals surface area contributed by atoms with E-state index in [0.29, 0.717) is 30.8 Å². The molecule has 1 amide bonds. The Balaban J connectivity index is 1.68. The maximum absolute atomic E-state index is 13.2. The van der Waals surface area contributed by atoms with Crippen molar-refractivity contribution in [2.45, 2.75) is 18.8 Å². The fraction of sp³-hybridized carbons (Fsp3) is 0.312. The van der Waals surface area contributed by atoms with E-state index >= 15 is 0 Å². The van der Waals surface area contributed by atoms with Crippen LogP contribution in [0.1, 0.15) is 23.6 Å². The highest BCUT2D eigenvalue weighted by atomic mass is 19.2. The highest BCUT2D eigenvalue weighted by molar-refractivity contribution is 5.79. The third-order valence-corrected chi connectivity index (χ3v) is 4.10. The number of benzene rings is 1. The van der Waals surface area contributed by atoms with Crippen LogP contribution >= 0.6 is 0 Å². The van der Waals surface area contributed by atoms with Crippen LogP contribution in [-0.4, -0.2) is 33.9 Å². The highest BCUT2D eigenvalue weighted by Crippen LogP contribution is 2.25. The number of amides is 1. The summed E-state index contributed by atoms with van der Waals surface area (Å²) in [6.07, 6.45) is 0.582. The molecule has 0 radical (unpaired) electrons. The van der Waals surface area contributed by atoms with Crippen LogP contribution in [0.5, 0.6) is 0 Å². The van der Waals surface area contributed by atoms with Crippen molar-refractivity contribution in [1.29, 1.82) is 0 Å². The largest absolute Gasteiger partial charge is 0.342 e. The fourth-order valence-electron chi connectivity index (χ4n) is 2.88. The van der Waals surface area contributed by atoms with E-state index in [1.54, 1.807) is 4.90 Å². The molecule has 0 aliphatic carbocycles. The van der Waals surface area contributed by atoms with Crippen LogP contribution in [0.2, 0.25) is 0 Å². The molecular formula is C16H15F2N3O3. The van der Waals surface area contributed by atoms with Gasteiger partial charge in [0.2, 0.25) is 5.91 Å². The van der Waals surface area contributed by atoms with Crippen LogP contribution in [-0.2, 0) is 11.2 Å². The Morgan fingerprint density at radius 2 is 1.96 bits per heavy atom. The molecule has 1 saturated heterocycles. The van der Waals surface area contributed by atoms with Gasteiger partial charge in [0.1, 0.15) is 0 Å².